The van der Waals surface area contributed by atoms with E-state index >= 15 is 0 Å². The Balaban J connectivity index is 1.79. The largest absolute Gasteiger partial charge is 0.497 e. The Bertz CT molecular complexity index is 898. The lowest BCUT2D eigenvalue weighted by Gasteiger charge is -2.25. The normalized spacial score (nSPS) is 14.2. The number of aryl methyl sites for hydroxylation is 1. The third kappa shape index (κ3) is 5.56. The summed E-state index contributed by atoms with van der Waals surface area (Å²) >= 11 is 0. The standard InChI is InChI=1S/C23H26NO3P/c1-27-22-14-12-21(13-15-22)23(24-18-20-10-6-3-7-11-20)28(25,26)17-16-19-8-4-2-5-9-19/h2-15,23-24H,16-18H2,1H3,(H,25,26)/t23-/m1/s1. The molecule has 0 amide bonds. The molecule has 5 heteroatoms. The van der Waals surface area contributed by atoms with Crippen molar-refractivity contribution in [2.75, 3.05) is 13.3 Å². The minimum Gasteiger partial charge on any atom is -0.497 e. The van der Waals surface area contributed by atoms with Crippen LogP contribution in [0.3, 0.4) is 0 Å². The van der Waals surface area contributed by atoms with Gasteiger partial charge in [-0.15, -0.1) is 0 Å². The number of benzene rings is 3. The molecule has 0 aliphatic heterocycles. The van der Waals surface area contributed by atoms with Crippen molar-refractivity contribution in [1.82, 2.24) is 5.32 Å². The molecular weight excluding hydrogens is 369 g/mol. The highest BCUT2D eigenvalue weighted by Gasteiger charge is 2.31. The molecule has 0 radical (unpaired) electrons. The zero-order valence-electron chi connectivity index (χ0n) is 16.0. The van der Waals surface area contributed by atoms with E-state index in [1.807, 2.05) is 84.9 Å². The Hall–Kier alpha value is -2.39. The number of hydrogen-bond acceptors (Lipinski definition) is 3. The molecule has 146 valence electrons. The van der Waals surface area contributed by atoms with Gasteiger partial charge in [-0.1, -0.05) is 72.8 Å². The first-order valence-electron chi connectivity index (χ1n) is 9.35. The van der Waals surface area contributed by atoms with Gasteiger partial charge in [-0.2, -0.15) is 0 Å². The maximum Gasteiger partial charge on any atom is 0.221 e. The summed E-state index contributed by atoms with van der Waals surface area (Å²) < 4.78 is 18.5. The van der Waals surface area contributed by atoms with Crippen molar-refractivity contribution in [3.05, 3.63) is 102 Å². The Labute approximate surface area is 166 Å². The lowest BCUT2D eigenvalue weighted by Crippen LogP contribution is -2.22. The third-order valence-corrected chi connectivity index (χ3v) is 6.89. The second-order valence-electron chi connectivity index (χ2n) is 6.76. The minimum atomic E-state index is -3.50. The Kier molecular flexibility index (Phi) is 7.05. The van der Waals surface area contributed by atoms with Gasteiger partial charge in [0.1, 0.15) is 11.5 Å². The van der Waals surface area contributed by atoms with E-state index in [1.54, 1.807) is 7.11 Å². The van der Waals surface area contributed by atoms with Gasteiger partial charge in [-0.05, 0) is 35.2 Å². The minimum absolute atomic E-state index is 0.218. The van der Waals surface area contributed by atoms with Crippen molar-refractivity contribution in [2.24, 2.45) is 0 Å². The second kappa shape index (κ2) is 9.70. The van der Waals surface area contributed by atoms with Crippen LogP contribution in [0.25, 0.3) is 0 Å². The van der Waals surface area contributed by atoms with Gasteiger partial charge in [0.05, 0.1) is 7.11 Å². The van der Waals surface area contributed by atoms with E-state index in [9.17, 15) is 9.46 Å². The fourth-order valence-electron chi connectivity index (χ4n) is 3.15. The molecule has 4 nitrogen and oxygen atoms in total. The zero-order chi connectivity index (χ0) is 19.8. The molecule has 0 aromatic heterocycles. The van der Waals surface area contributed by atoms with Gasteiger partial charge in [-0.25, -0.2) is 0 Å². The Morgan fingerprint density at radius 3 is 2.04 bits per heavy atom. The maximum atomic E-state index is 13.3. The van der Waals surface area contributed by atoms with Crippen molar-refractivity contribution in [1.29, 1.82) is 0 Å². The molecule has 2 atom stereocenters. The summed E-state index contributed by atoms with van der Waals surface area (Å²) in [5, 5.41) is 3.31. The molecule has 0 aliphatic carbocycles. The van der Waals surface area contributed by atoms with Crippen LogP contribution in [0.1, 0.15) is 22.5 Å². The van der Waals surface area contributed by atoms with Gasteiger partial charge in [0.25, 0.3) is 0 Å². The van der Waals surface area contributed by atoms with Crippen LogP contribution in [0.4, 0.5) is 0 Å². The molecular formula is C23H26NO3P. The fraction of sp³-hybridized carbons (Fsp3) is 0.217. The predicted octanol–water partition coefficient (Wildman–Crippen LogP) is 5.00. The quantitative estimate of drug-likeness (QED) is 0.501. The van der Waals surface area contributed by atoms with Crippen LogP contribution in [-0.4, -0.2) is 18.2 Å². The molecule has 0 saturated carbocycles. The van der Waals surface area contributed by atoms with Gasteiger partial charge in [0, 0.05) is 12.7 Å². The zero-order valence-corrected chi connectivity index (χ0v) is 16.9. The molecule has 28 heavy (non-hydrogen) atoms. The van der Waals surface area contributed by atoms with Crippen molar-refractivity contribution in [3.63, 3.8) is 0 Å². The molecule has 1 unspecified atom stereocenters. The van der Waals surface area contributed by atoms with Crippen LogP contribution in [-0.2, 0) is 17.5 Å². The van der Waals surface area contributed by atoms with Gasteiger partial charge in [-0.3, -0.25) is 9.88 Å². The average molecular weight is 395 g/mol. The summed E-state index contributed by atoms with van der Waals surface area (Å²) in [5.74, 6) is 0.0879. The smallest absolute Gasteiger partial charge is 0.221 e. The SMILES string of the molecule is COc1ccc([C@H](NCc2ccccc2)P(=O)(O)CCc2ccccc2)cc1. The summed E-state index contributed by atoms with van der Waals surface area (Å²) in [6.07, 6.45) is 0.782. The first kappa shape index (κ1) is 20.3. The van der Waals surface area contributed by atoms with E-state index in [0.29, 0.717) is 13.0 Å². The van der Waals surface area contributed by atoms with Crippen molar-refractivity contribution >= 4 is 7.37 Å². The van der Waals surface area contributed by atoms with E-state index < -0.39 is 13.2 Å². The van der Waals surface area contributed by atoms with Crippen LogP contribution < -0.4 is 10.1 Å². The van der Waals surface area contributed by atoms with Crippen LogP contribution in [0.2, 0.25) is 0 Å². The van der Waals surface area contributed by atoms with Crippen LogP contribution >= 0.6 is 7.37 Å². The van der Waals surface area contributed by atoms with Gasteiger partial charge in [0.15, 0.2) is 0 Å². The highest BCUT2D eigenvalue weighted by Crippen LogP contribution is 2.54. The first-order chi connectivity index (χ1) is 13.6. The molecule has 0 bridgehead atoms. The molecule has 0 fully saturated rings. The molecule has 3 aromatic carbocycles. The highest BCUT2D eigenvalue weighted by atomic mass is 31.2. The Morgan fingerprint density at radius 2 is 1.46 bits per heavy atom. The Morgan fingerprint density at radius 1 is 0.893 bits per heavy atom. The van der Waals surface area contributed by atoms with Crippen LogP contribution in [0.15, 0.2) is 84.9 Å². The fourth-order valence-corrected chi connectivity index (χ4v) is 5.00. The highest BCUT2D eigenvalue weighted by molar-refractivity contribution is 7.58. The lowest BCUT2D eigenvalue weighted by atomic mass is 10.2. The molecule has 0 heterocycles. The van der Waals surface area contributed by atoms with E-state index in [2.05, 4.69) is 5.32 Å². The van der Waals surface area contributed by atoms with Gasteiger partial charge in [0.2, 0.25) is 7.37 Å². The van der Waals surface area contributed by atoms with Gasteiger partial charge < -0.3 is 9.63 Å². The predicted molar refractivity (Wildman–Crippen MR) is 114 cm³/mol. The second-order valence-corrected chi connectivity index (χ2v) is 9.23. The molecule has 0 saturated heterocycles. The van der Waals surface area contributed by atoms with Crippen molar-refractivity contribution < 1.29 is 14.2 Å². The molecule has 2 N–H and O–H groups in total. The molecule has 3 rings (SSSR count). The van der Waals surface area contributed by atoms with Gasteiger partial charge >= 0.3 is 0 Å². The van der Waals surface area contributed by atoms with E-state index in [4.69, 9.17) is 4.74 Å². The van der Waals surface area contributed by atoms with E-state index in [1.165, 1.54) is 0 Å². The van der Waals surface area contributed by atoms with Crippen LogP contribution in [0.5, 0.6) is 5.75 Å². The van der Waals surface area contributed by atoms with E-state index in [0.717, 1.165) is 22.4 Å². The van der Waals surface area contributed by atoms with Crippen LogP contribution in [0, 0.1) is 0 Å². The van der Waals surface area contributed by atoms with Crippen molar-refractivity contribution in [3.8, 4) is 5.75 Å². The first-order valence-corrected chi connectivity index (χ1v) is 11.3. The molecule has 0 spiro atoms. The number of rotatable bonds is 9. The monoisotopic (exact) mass is 395 g/mol. The number of methoxy groups -OCH3 is 1. The topological polar surface area (TPSA) is 58.6 Å². The summed E-state index contributed by atoms with van der Waals surface area (Å²) in [5.41, 5.74) is 2.92. The maximum absolute atomic E-state index is 13.3. The molecule has 0 aliphatic rings. The number of ether oxygens (including phenoxy) is 1. The summed E-state index contributed by atoms with van der Waals surface area (Å²) in [6.45, 7) is 0.521. The van der Waals surface area contributed by atoms with E-state index in [-0.39, 0.29) is 6.16 Å². The summed E-state index contributed by atoms with van der Waals surface area (Å²) in [6, 6.07) is 27.1. The molecule has 3 aromatic rings. The number of hydrogen-bond donors (Lipinski definition) is 2. The summed E-state index contributed by atoms with van der Waals surface area (Å²) in [4.78, 5) is 11.0. The van der Waals surface area contributed by atoms with Crippen molar-refractivity contribution in [2.45, 2.75) is 18.7 Å². The summed E-state index contributed by atoms with van der Waals surface area (Å²) in [7, 11) is -1.89. The lowest BCUT2D eigenvalue weighted by molar-refractivity contribution is 0.414. The average Bonchev–Trinajstić information content (AvgIpc) is 2.74. The third-order valence-electron chi connectivity index (χ3n) is 4.74. The number of nitrogens with one attached hydrogen (secondary N) is 1.